The van der Waals surface area contributed by atoms with Crippen LogP contribution in [0.25, 0.3) is 16.8 Å². The fourth-order valence-electron chi connectivity index (χ4n) is 3.61. The van der Waals surface area contributed by atoms with E-state index in [9.17, 15) is 14.3 Å². The molecule has 1 saturated heterocycles. The Morgan fingerprint density at radius 1 is 1.41 bits per heavy atom. The summed E-state index contributed by atoms with van der Waals surface area (Å²) >= 11 is 0. The summed E-state index contributed by atoms with van der Waals surface area (Å²) in [4.78, 5) is 25.7. The number of benzene rings is 1. The van der Waals surface area contributed by atoms with Gasteiger partial charge in [0.05, 0.1) is 24.0 Å². The highest BCUT2D eigenvalue weighted by atomic mass is 19.1. The molecule has 2 aromatic rings. The average Bonchev–Trinajstić information content (AvgIpc) is 2.77. The van der Waals surface area contributed by atoms with Gasteiger partial charge in [-0.15, -0.1) is 0 Å². The Kier molecular flexibility index (Phi) is 7.95. The molecule has 3 rings (SSSR count). The van der Waals surface area contributed by atoms with E-state index in [1.807, 2.05) is 25.1 Å². The fourth-order valence-corrected chi connectivity index (χ4v) is 3.61. The van der Waals surface area contributed by atoms with E-state index in [1.54, 1.807) is 20.1 Å². The number of aromatic nitrogens is 2. The number of halogens is 1. The van der Waals surface area contributed by atoms with Crippen LogP contribution in [0.2, 0.25) is 0 Å². The number of nitrogen functional groups attached to an aromatic ring is 1. The topological polar surface area (TPSA) is 152 Å². The molecule has 0 spiro atoms. The number of rotatable bonds is 7. The average molecular weight is 470 g/mol. The van der Waals surface area contributed by atoms with Crippen molar-refractivity contribution in [1.82, 2.24) is 20.6 Å². The summed E-state index contributed by atoms with van der Waals surface area (Å²) in [5.74, 6) is -0.500. The van der Waals surface area contributed by atoms with Gasteiger partial charge in [-0.1, -0.05) is 12.1 Å². The summed E-state index contributed by atoms with van der Waals surface area (Å²) in [7, 11) is 0. The predicted molar refractivity (Wildman–Crippen MR) is 132 cm³/mol. The number of allylic oxidation sites excluding steroid dienone is 1. The molecule has 10 heteroatoms. The van der Waals surface area contributed by atoms with Gasteiger partial charge in [0, 0.05) is 49.1 Å². The summed E-state index contributed by atoms with van der Waals surface area (Å²) in [6.45, 7) is 6.25. The van der Waals surface area contributed by atoms with Crippen LogP contribution in [0.4, 0.5) is 10.2 Å². The van der Waals surface area contributed by atoms with E-state index >= 15 is 0 Å². The number of nitrogens with one attached hydrogen (secondary N) is 2. The van der Waals surface area contributed by atoms with Crippen LogP contribution in [0.1, 0.15) is 41.9 Å². The van der Waals surface area contributed by atoms with Crippen molar-refractivity contribution in [2.75, 3.05) is 25.4 Å². The maximum Gasteiger partial charge on any atom is 0.274 e. The highest BCUT2D eigenvalue weighted by Crippen LogP contribution is 2.26. The normalized spacial score (nSPS) is 19.4. The third-order valence-electron chi connectivity index (χ3n) is 5.38. The monoisotopic (exact) mass is 469 g/mol. The molecule has 2 atom stereocenters. The Bertz CT molecular complexity index is 1100. The predicted octanol–water partition coefficient (Wildman–Crippen LogP) is 1.61. The van der Waals surface area contributed by atoms with Crippen molar-refractivity contribution in [2.24, 2.45) is 10.7 Å². The number of carbonyl (C=O) groups excluding carboxylic acids is 1. The molecule has 1 aliphatic rings. The largest absolute Gasteiger partial charge is 0.404 e. The zero-order valence-electron chi connectivity index (χ0n) is 19.7. The number of carbonyl (C=O) groups is 1. The molecule has 2 heterocycles. The Morgan fingerprint density at radius 3 is 2.85 bits per heavy atom. The van der Waals surface area contributed by atoms with E-state index in [1.165, 1.54) is 12.4 Å². The molecule has 1 aliphatic heterocycles. The zero-order valence-corrected chi connectivity index (χ0v) is 19.7. The van der Waals surface area contributed by atoms with Crippen LogP contribution in [-0.4, -0.2) is 64.6 Å². The lowest BCUT2D eigenvalue weighted by Gasteiger charge is -2.26. The minimum atomic E-state index is -1.02. The third kappa shape index (κ3) is 6.58. The van der Waals surface area contributed by atoms with Gasteiger partial charge in [-0.05, 0) is 38.0 Å². The molecule has 0 aliphatic carbocycles. The maximum atomic E-state index is 13.7. The second-order valence-corrected chi connectivity index (χ2v) is 9.08. The number of amides is 1. The number of nitrogens with two attached hydrogens (primary N) is 2. The van der Waals surface area contributed by atoms with Gasteiger partial charge in [0.1, 0.15) is 6.17 Å². The molecule has 0 radical (unpaired) electrons. The fraction of sp³-hybridized carbons (Fsp3) is 0.417. The number of aliphatic imine (C=N–C) groups is 1. The van der Waals surface area contributed by atoms with Crippen molar-refractivity contribution in [2.45, 2.75) is 45.0 Å². The van der Waals surface area contributed by atoms with E-state index < -0.39 is 17.7 Å². The Labute approximate surface area is 198 Å². The van der Waals surface area contributed by atoms with Crippen LogP contribution in [0.3, 0.4) is 0 Å². The van der Waals surface area contributed by atoms with Crippen molar-refractivity contribution in [3.8, 4) is 11.3 Å². The van der Waals surface area contributed by atoms with E-state index in [-0.39, 0.29) is 37.1 Å². The second-order valence-electron chi connectivity index (χ2n) is 9.08. The molecule has 7 N–H and O–H groups in total. The number of hydrogen-bond donors (Lipinski definition) is 5. The van der Waals surface area contributed by atoms with Crippen LogP contribution < -0.4 is 22.1 Å². The first kappa shape index (κ1) is 25.3. The van der Waals surface area contributed by atoms with Crippen molar-refractivity contribution in [3.63, 3.8) is 0 Å². The highest BCUT2D eigenvalue weighted by Gasteiger charge is 2.25. The van der Waals surface area contributed by atoms with Crippen LogP contribution in [0.5, 0.6) is 0 Å². The van der Waals surface area contributed by atoms with Crippen molar-refractivity contribution >= 4 is 23.5 Å². The van der Waals surface area contributed by atoms with Gasteiger partial charge in [0.2, 0.25) is 0 Å². The minimum absolute atomic E-state index is 0.00285. The molecule has 182 valence electrons. The molecule has 1 amide bonds. The van der Waals surface area contributed by atoms with Gasteiger partial charge < -0.3 is 27.2 Å². The van der Waals surface area contributed by atoms with Gasteiger partial charge in [0.25, 0.3) is 5.91 Å². The Balaban J connectivity index is 1.87. The molecular weight excluding hydrogens is 437 g/mol. The van der Waals surface area contributed by atoms with Crippen LogP contribution in [0.15, 0.2) is 35.6 Å². The molecule has 0 bridgehead atoms. The summed E-state index contributed by atoms with van der Waals surface area (Å²) in [5, 5.41) is 15.6. The molecule has 9 nitrogen and oxygen atoms in total. The quantitative estimate of drug-likeness (QED) is 0.386. The first-order valence-corrected chi connectivity index (χ1v) is 11.1. The van der Waals surface area contributed by atoms with Crippen LogP contribution in [-0.2, 0) is 0 Å². The number of nitrogens with zero attached hydrogens (tertiary/aromatic N) is 3. The van der Waals surface area contributed by atoms with Crippen LogP contribution in [0, 0.1) is 6.92 Å². The van der Waals surface area contributed by atoms with Gasteiger partial charge in [0.15, 0.2) is 11.5 Å². The van der Waals surface area contributed by atoms with Gasteiger partial charge >= 0.3 is 0 Å². The van der Waals surface area contributed by atoms with Crippen molar-refractivity contribution in [1.29, 1.82) is 0 Å². The first-order chi connectivity index (χ1) is 16.1. The summed E-state index contributed by atoms with van der Waals surface area (Å²) in [6.07, 6.45) is 3.76. The number of aliphatic hydroxyl groups is 1. The molecule has 1 aromatic heterocycles. The highest BCUT2D eigenvalue weighted by molar-refractivity contribution is 6.10. The summed E-state index contributed by atoms with van der Waals surface area (Å²) in [5.41, 5.74) is 14.4. The van der Waals surface area contributed by atoms with Gasteiger partial charge in [-0.25, -0.2) is 14.4 Å². The summed E-state index contributed by atoms with van der Waals surface area (Å²) < 4.78 is 13.7. The maximum absolute atomic E-state index is 13.7. The molecule has 34 heavy (non-hydrogen) atoms. The summed E-state index contributed by atoms with van der Waals surface area (Å²) in [6, 6.07) is 5.33. The van der Waals surface area contributed by atoms with E-state index in [4.69, 9.17) is 11.5 Å². The molecule has 2 unspecified atom stereocenters. The molecule has 1 aromatic carbocycles. The van der Waals surface area contributed by atoms with E-state index in [0.717, 1.165) is 16.7 Å². The Morgan fingerprint density at radius 2 is 2.18 bits per heavy atom. The van der Waals surface area contributed by atoms with Crippen molar-refractivity contribution < 1.29 is 14.3 Å². The lowest BCUT2D eigenvalue weighted by molar-refractivity contribution is 0.0901. The number of hydrogen-bond acceptors (Lipinski definition) is 8. The molecule has 1 fully saturated rings. The second kappa shape index (κ2) is 10.7. The van der Waals surface area contributed by atoms with E-state index in [2.05, 4.69) is 25.6 Å². The minimum Gasteiger partial charge on any atom is -0.404 e. The third-order valence-corrected chi connectivity index (χ3v) is 5.38. The first-order valence-electron chi connectivity index (χ1n) is 11.1. The lowest BCUT2D eigenvalue weighted by Crippen LogP contribution is -2.49. The van der Waals surface area contributed by atoms with E-state index in [0.29, 0.717) is 17.8 Å². The number of alkyl halides is 1. The molecular formula is C24H32FN7O2. The number of anilines is 1. The SMILES string of the molecule is Cc1ccc(C(C=NCC(C)(C)O)=CN)cc1-c1cnc(N)c(C(=O)NC2CNCC(F)C2)n1. The standard InChI is InChI=1S/C24H32FN7O2/c1-14-4-5-15(16(8-26)9-29-13-24(2,3)34)6-19(14)20-12-30-22(27)21(32-20)23(33)31-18-7-17(25)10-28-11-18/h4-6,8-9,12,17-18,28,34H,7,10-11,13,26H2,1-3H3,(H2,27,30)(H,31,33). The van der Waals surface area contributed by atoms with Gasteiger partial charge in [-0.2, -0.15) is 0 Å². The smallest absolute Gasteiger partial charge is 0.274 e. The Hall–Kier alpha value is -3.37. The lowest BCUT2D eigenvalue weighted by atomic mass is 9.98. The number of aryl methyl sites for hydroxylation is 1. The molecule has 0 saturated carbocycles. The van der Waals surface area contributed by atoms with Crippen LogP contribution >= 0.6 is 0 Å². The van der Waals surface area contributed by atoms with Gasteiger partial charge in [-0.3, -0.25) is 9.79 Å². The number of piperidine rings is 1. The zero-order chi connectivity index (χ0) is 24.9. The van der Waals surface area contributed by atoms with Crippen molar-refractivity contribution in [3.05, 3.63) is 47.4 Å².